The normalized spacial score (nSPS) is 16.6. The Kier molecular flexibility index (Phi) is 6.47. The molecule has 1 aromatic carbocycles. The van der Waals surface area contributed by atoms with Gasteiger partial charge >= 0.3 is 12.1 Å². The van der Waals surface area contributed by atoms with Gasteiger partial charge in [-0.2, -0.15) is 18.2 Å². The van der Waals surface area contributed by atoms with Crippen LogP contribution in [0.25, 0.3) is 11.4 Å². The highest BCUT2D eigenvalue weighted by atomic mass is 32.1. The molecule has 8 nitrogen and oxygen atoms in total. The summed E-state index contributed by atoms with van der Waals surface area (Å²) in [5.41, 5.74) is 1.58. The Hall–Kier alpha value is -3.25. The molecule has 1 aliphatic heterocycles. The third-order valence-corrected chi connectivity index (χ3v) is 6.04. The molecule has 1 fully saturated rings. The van der Waals surface area contributed by atoms with Crippen LogP contribution in [0, 0.1) is 6.92 Å². The lowest BCUT2D eigenvalue weighted by Crippen LogP contribution is -2.53. The summed E-state index contributed by atoms with van der Waals surface area (Å²) in [6.07, 6.45) is -4.73. The molecule has 2 aromatic heterocycles. The maximum absolute atomic E-state index is 12.9. The average Bonchev–Trinajstić information content (AvgIpc) is 3.47. The fourth-order valence-corrected chi connectivity index (χ4v) is 4.17. The van der Waals surface area contributed by atoms with Gasteiger partial charge in [0.25, 0.3) is 11.8 Å². The van der Waals surface area contributed by atoms with Gasteiger partial charge < -0.3 is 19.5 Å². The summed E-state index contributed by atoms with van der Waals surface area (Å²) in [5, 5.41) is 8.01. The van der Waals surface area contributed by atoms with E-state index in [4.69, 9.17) is 4.74 Å². The number of nitrogens with one attached hydrogen (secondary N) is 1. The molecule has 3 heterocycles. The van der Waals surface area contributed by atoms with E-state index in [0.717, 1.165) is 5.56 Å². The standard InChI is InChI=1S/C21H19F3N4O4S/c1-12-8-16(33-11-12)19(30)28-6-7-31-10-15(28)9-25-18(29)14-4-2-13(3-5-14)17-26-20(32-27-17)21(22,23)24/h2-5,8,11,15H,6-7,9-10H2,1H3,(H,25,29)/t15-/m0/s1. The lowest BCUT2D eigenvalue weighted by molar-refractivity contribution is -0.159. The second-order valence-electron chi connectivity index (χ2n) is 7.42. The topological polar surface area (TPSA) is 97.6 Å². The molecule has 0 saturated carbocycles. The number of carbonyl (C=O) groups is 2. The molecule has 0 spiro atoms. The maximum Gasteiger partial charge on any atom is 0.471 e. The highest BCUT2D eigenvalue weighted by molar-refractivity contribution is 7.12. The molecule has 2 amide bonds. The second-order valence-corrected chi connectivity index (χ2v) is 8.34. The van der Waals surface area contributed by atoms with E-state index in [0.29, 0.717) is 30.2 Å². The molecule has 1 aliphatic rings. The van der Waals surface area contributed by atoms with E-state index >= 15 is 0 Å². The van der Waals surface area contributed by atoms with Crippen LogP contribution in [0.3, 0.4) is 0 Å². The maximum atomic E-state index is 12.9. The largest absolute Gasteiger partial charge is 0.471 e. The van der Waals surface area contributed by atoms with E-state index in [-0.39, 0.29) is 29.9 Å². The van der Waals surface area contributed by atoms with Gasteiger partial charge in [-0.25, -0.2) is 0 Å². The van der Waals surface area contributed by atoms with Gasteiger partial charge in [0.2, 0.25) is 5.82 Å². The number of thiophene rings is 1. The molecule has 0 aliphatic carbocycles. The van der Waals surface area contributed by atoms with Gasteiger partial charge in [-0.05, 0) is 36.1 Å². The lowest BCUT2D eigenvalue weighted by atomic mass is 10.1. The fourth-order valence-electron chi connectivity index (χ4n) is 3.32. The van der Waals surface area contributed by atoms with Crippen LogP contribution in [-0.2, 0) is 10.9 Å². The van der Waals surface area contributed by atoms with Crippen LogP contribution in [0.15, 0.2) is 40.2 Å². The minimum Gasteiger partial charge on any atom is -0.377 e. The van der Waals surface area contributed by atoms with E-state index in [1.54, 1.807) is 4.90 Å². The molecule has 174 valence electrons. The van der Waals surface area contributed by atoms with Crippen molar-refractivity contribution in [1.82, 2.24) is 20.4 Å². The molecule has 1 atom stereocenters. The number of aromatic nitrogens is 2. The molecular formula is C21H19F3N4O4S. The van der Waals surface area contributed by atoms with Crippen molar-refractivity contribution in [2.24, 2.45) is 0 Å². The molecule has 1 N–H and O–H groups in total. The summed E-state index contributed by atoms with van der Waals surface area (Å²) in [5.74, 6) is -2.16. The molecule has 1 saturated heterocycles. The van der Waals surface area contributed by atoms with Gasteiger partial charge in [0.15, 0.2) is 0 Å². The van der Waals surface area contributed by atoms with E-state index in [2.05, 4.69) is 20.0 Å². The van der Waals surface area contributed by atoms with Crippen molar-refractivity contribution in [3.63, 3.8) is 0 Å². The third kappa shape index (κ3) is 5.22. The summed E-state index contributed by atoms with van der Waals surface area (Å²) < 4.78 is 47.6. The minimum atomic E-state index is -4.73. The van der Waals surface area contributed by atoms with Crippen LogP contribution < -0.4 is 5.32 Å². The summed E-state index contributed by atoms with van der Waals surface area (Å²) in [4.78, 5) is 31.1. The summed E-state index contributed by atoms with van der Waals surface area (Å²) >= 11 is 1.38. The fraction of sp³-hybridized carbons (Fsp3) is 0.333. The van der Waals surface area contributed by atoms with Crippen LogP contribution in [0.2, 0.25) is 0 Å². The molecule has 33 heavy (non-hydrogen) atoms. The van der Waals surface area contributed by atoms with Gasteiger partial charge in [-0.3, -0.25) is 9.59 Å². The molecule has 4 rings (SSSR count). The number of hydrogen-bond acceptors (Lipinski definition) is 7. The van der Waals surface area contributed by atoms with Crippen LogP contribution in [-0.4, -0.2) is 59.2 Å². The number of carbonyl (C=O) groups excluding carboxylic acids is 2. The number of morpholine rings is 1. The second kappa shape index (κ2) is 9.32. The summed E-state index contributed by atoms with van der Waals surface area (Å²) in [7, 11) is 0. The third-order valence-electron chi connectivity index (χ3n) is 5.00. The highest BCUT2D eigenvalue weighted by Crippen LogP contribution is 2.29. The van der Waals surface area contributed by atoms with E-state index in [1.807, 2.05) is 18.4 Å². The number of ether oxygens (including phenoxy) is 1. The van der Waals surface area contributed by atoms with Crippen LogP contribution in [0.1, 0.15) is 31.5 Å². The number of hydrogen-bond donors (Lipinski definition) is 1. The number of amides is 2. The first-order valence-corrected chi connectivity index (χ1v) is 10.8. The number of alkyl halides is 3. The van der Waals surface area contributed by atoms with Gasteiger partial charge in [0.1, 0.15) is 0 Å². The van der Waals surface area contributed by atoms with Crippen molar-refractivity contribution >= 4 is 23.2 Å². The highest BCUT2D eigenvalue weighted by Gasteiger charge is 2.38. The van der Waals surface area contributed by atoms with E-state index in [9.17, 15) is 22.8 Å². The first kappa shape index (κ1) is 22.9. The molecule has 0 unspecified atom stereocenters. The molecular weight excluding hydrogens is 461 g/mol. The van der Waals surface area contributed by atoms with E-state index in [1.165, 1.54) is 35.6 Å². The Morgan fingerprint density at radius 1 is 1.27 bits per heavy atom. The molecule has 12 heteroatoms. The zero-order valence-corrected chi connectivity index (χ0v) is 18.2. The van der Waals surface area contributed by atoms with Crippen LogP contribution >= 0.6 is 11.3 Å². The monoisotopic (exact) mass is 480 g/mol. The minimum absolute atomic E-state index is 0.0988. The van der Waals surface area contributed by atoms with Crippen molar-refractivity contribution in [3.05, 3.63) is 57.6 Å². The Morgan fingerprint density at radius 3 is 2.67 bits per heavy atom. The predicted molar refractivity (Wildman–Crippen MR) is 112 cm³/mol. The number of nitrogens with zero attached hydrogens (tertiary/aromatic N) is 3. The van der Waals surface area contributed by atoms with Crippen molar-refractivity contribution < 1.29 is 32.0 Å². The SMILES string of the molecule is Cc1csc(C(=O)N2CCOC[C@@H]2CNC(=O)c2ccc(-c3noc(C(F)(F)F)n3)cc2)c1. The van der Waals surface area contributed by atoms with Crippen LogP contribution in [0.5, 0.6) is 0 Å². The Labute approximate surface area is 190 Å². The van der Waals surface area contributed by atoms with Gasteiger partial charge in [0, 0.05) is 24.2 Å². The van der Waals surface area contributed by atoms with Gasteiger partial charge in [-0.1, -0.05) is 17.3 Å². The van der Waals surface area contributed by atoms with Crippen LogP contribution in [0.4, 0.5) is 13.2 Å². The van der Waals surface area contributed by atoms with Gasteiger partial charge in [0.05, 0.1) is 24.1 Å². The Morgan fingerprint density at radius 2 is 2.03 bits per heavy atom. The smallest absolute Gasteiger partial charge is 0.377 e. The lowest BCUT2D eigenvalue weighted by Gasteiger charge is -2.35. The van der Waals surface area contributed by atoms with Crippen molar-refractivity contribution in [2.45, 2.75) is 19.1 Å². The predicted octanol–water partition coefficient (Wildman–Crippen LogP) is 3.40. The Bertz CT molecular complexity index is 1140. The zero-order chi connectivity index (χ0) is 23.6. The first-order valence-electron chi connectivity index (χ1n) is 9.96. The summed E-state index contributed by atoms with van der Waals surface area (Å²) in [6.45, 7) is 3.26. The summed E-state index contributed by atoms with van der Waals surface area (Å²) in [6, 6.07) is 7.27. The molecule has 0 bridgehead atoms. The van der Waals surface area contributed by atoms with Crippen molar-refractivity contribution in [1.29, 1.82) is 0 Å². The average molecular weight is 480 g/mol. The Balaban J connectivity index is 1.38. The number of rotatable bonds is 5. The quantitative estimate of drug-likeness (QED) is 0.601. The zero-order valence-electron chi connectivity index (χ0n) is 17.4. The van der Waals surface area contributed by atoms with E-state index < -0.39 is 18.0 Å². The van der Waals surface area contributed by atoms with Crippen molar-refractivity contribution in [3.8, 4) is 11.4 Å². The van der Waals surface area contributed by atoms with Gasteiger partial charge in [-0.15, -0.1) is 11.3 Å². The molecule has 3 aromatic rings. The number of benzene rings is 1. The van der Waals surface area contributed by atoms with Crippen molar-refractivity contribution in [2.75, 3.05) is 26.3 Å². The first-order chi connectivity index (χ1) is 15.7. The molecule has 0 radical (unpaired) electrons. The number of halogens is 3. The number of aryl methyl sites for hydroxylation is 1.